The molecular weight excluding hydrogens is 476 g/mol. The molecule has 192 valence electrons. The van der Waals surface area contributed by atoms with Crippen molar-refractivity contribution in [3.63, 3.8) is 0 Å². The van der Waals surface area contributed by atoms with Crippen LogP contribution in [-0.2, 0) is 11.8 Å². The minimum absolute atomic E-state index is 0.155. The van der Waals surface area contributed by atoms with Crippen LogP contribution in [-0.4, -0.2) is 32.4 Å². The van der Waals surface area contributed by atoms with Crippen molar-refractivity contribution in [1.82, 2.24) is 14.8 Å². The highest BCUT2D eigenvalue weighted by Crippen LogP contribution is 2.34. The van der Waals surface area contributed by atoms with Gasteiger partial charge in [-0.15, -0.1) is 0 Å². The first-order valence-electron chi connectivity index (χ1n) is 12.7. The Kier molecular flexibility index (Phi) is 5.60. The Morgan fingerprint density at radius 2 is 1.82 bits per heavy atom. The summed E-state index contributed by atoms with van der Waals surface area (Å²) in [5.74, 6) is 0.760. The number of hydrogen-bond donors (Lipinski definition) is 5. The molecule has 0 bridgehead atoms. The maximum Gasteiger partial charge on any atom is 0.324 e. The number of rotatable bonds is 4. The number of carbonyl (C=O) groups excluding carboxylic acids is 1. The normalized spacial score (nSPS) is 12.8. The van der Waals surface area contributed by atoms with Crippen molar-refractivity contribution in [2.75, 3.05) is 22.5 Å². The van der Waals surface area contributed by atoms with Gasteiger partial charge in [0.05, 0.1) is 11.4 Å². The molecule has 1 aliphatic heterocycles. The third-order valence-corrected chi connectivity index (χ3v) is 6.93. The van der Waals surface area contributed by atoms with Crippen LogP contribution in [0.4, 0.5) is 22.0 Å². The summed E-state index contributed by atoms with van der Waals surface area (Å²) < 4.78 is 1.80. The fraction of sp³-hybridized carbons (Fsp3) is 0.200. The van der Waals surface area contributed by atoms with E-state index >= 15 is 0 Å². The molecule has 38 heavy (non-hydrogen) atoms. The average Bonchev–Trinajstić information content (AvgIpc) is 3.62. The molecule has 0 unspecified atom stereocenters. The zero-order chi connectivity index (χ0) is 26.4. The minimum Gasteiger partial charge on any atom is -0.494 e. The van der Waals surface area contributed by atoms with E-state index in [1.807, 2.05) is 54.6 Å². The molecule has 2 aromatic heterocycles. The lowest BCUT2D eigenvalue weighted by molar-refractivity contribution is 0.262. The molecule has 0 fully saturated rings. The van der Waals surface area contributed by atoms with Crippen LogP contribution in [0, 0.1) is 0 Å². The van der Waals surface area contributed by atoms with Crippen molar-refractivity contribution in [3.05, 3.63) is 84.2 Å². The van der Waals surface area contributed by atoms with Crippen molar-refractivity contribution in [1.29, 1.82) is 0 Å². The van der Waals surface area contributed by atoms with Crippen molar-refractivity contribution >= 4 is 34.0 Å². The van der Waals surface area contributed by atoms with Crippen molar-refractivity contribution < 1.29 is 9.90 Å². The van der Waals surface area contributed by atoms with E-state index < -0.39 is 0 Å². The van der Waals surface area contributed by atoms with Gasteiger partial charge in [-0.25, -0.2) is 9.48 Å². The second-order valence-electron chi connectivity index (χ2n) is 10.7. The molecule has 6 rings (SSSR count). The number of urea groups is 1. The van der Waals surface area contributed by atoms with E-state index in [9.17, 15) is 9.90 Å². The highest BCUT2D eigenvalue weighted by atomic mass is 16.3. The van der Waals surface area contributed by atoms with Crippen LogP contribution in [0.2, 0.25) is 0 Å². The number of aromatic hydroxyl groups is 1. The van der Waals surface area contributed by atoms with Crippen LogP contribution in [0.1, 0.15) is 32.0 Å². The number of aromatic amines is 1. The van der Waals surface area contributed by atoms with Crippen LogP contribution in [0.15, 0.2) is 72.9 Å². The summed E-state index contributed by atoms with van der Waals surface area (Å²) in [6.07, 6.45) is 2.77. The van der Waals surface area contributed by atoms with Gasteiger partial charge in [0.1, 0.15) is 5.82 Å². The molecule has 0 atom stereocenters. The van der Waals surface area contributed by atoms with Crippen molar-refractivity contribution in [3.8, 4) is 22.7 Å². The number of carbonyl (C=O) groups is 1. The Balaban J connectivity index is 1.23. The lowest BCUT2D eigenvalue weighted by atomic mass is 9.92. The molecule has 1 aliphatic rings. The second-order valence-corrected chi connectivity index (χ2v) is 10.7. The first-order chi connectivity index (χ1) is 18.3. The van der Waals surface area contributed by atoms with E-state index in [4.69, 9.17) is 5.10 Å². The highest BCUT2D eigenvalue weighted by Gasteiger charge is 2.22. The predicted molar refractivity (Wildman–Crippen MR) is 152 cm³/mol. The molecule has 8 nitrogen and oxygen atoms in total. The number of nitrogens with zero attached hydrogens (tertiary/aromatic N) is 2. The molecule has 0 spiro atoms. The Hall–Kier alpha value is -4.72. The SMILES string of the molecule is CC(C)(C)c1cc(NC(=O)Nc2ccc(-c3cccc4c(O)[nH]cc34)cc2)n(-c2ccc3c(c2)CCN3)n1. The number of benzene rings is 3. The number of amides is 2. The molecule has 0 radical (unpaired) electrons. The zero-order valence-corrected chi connectivity index (χ0v) is 21.6. The first-order valence-corrected chi connectivity index (χ1v) is 12.7. The predicted octanol–water partition coefficient (Wildman–Crippen LogP) is 6.64. The fourth-order valence-corrected chi connectivity index (χ4v) is 4.87. The minimum atomic E-state index is -0.347. The van der Waals surface area contributed by atoms with Gasteiger partial charge in [-0.1, -0.05) is 45.0 Å². The van der Waals surface area contributed by atoms with Crippen LogP contribution >= 0.6 is 0 Å². The number of hydrogen-bond acceptors (Lipinski definition) is 4. The van der Waals surface area contributed by atoms with Crippen LogP contribution < -0.4 is 16.0 Å². The van der Waals surface area contributed by atoms with Crippen molar-refractivity contribution in [2.24, 2.45) is 0 Å². The quantitative estimate of drug-likeness (QED) is 0.188. The topological polar surface area (TPSA) is 107 Å². The zero-order valence-electron chi connectivity index (χ0n) is 21.6. The number of nitrogens with one attached hydrogen (secondary N) is 4. The Bertz CT molecular complexity index is 1660. The maximum atomic E-state index is 13.0. The number of aromatic nitrogens is 3. The third kappa shape index (κ3) is 4.34. The summed E-state index contributed by atoms with van der Waals surface area (Å²) >= 11 is 0. The highest BCUT2D eigenvalue weighted by molar-refractivity contribution is 6.01. The van der Waals surface area contributed by atoms with Gasteiger partial charge in [-0.3, -0.25) is 5.32 Å². The molecule has 5 N–H and O–H groups in total. The van der Waals surface area contributed by atoms with Crippen molar-refractivity contribution in [2.45, 2.75) is 32.6 Å². The van der Waals surface area contributed by atoms with E-state index in [1.54, 1.807) is 10.9 Å². The van der Waals surface area contributed by atoms with Crippen LogP contribution in [0.3, 0.4) is 0 Å². The molecule has 0 saturated carbocycles. The van der Waals surface area contributed by atoms with Gasteiger partial charge in [0.25, 0.3) is 0 Å². The Labute approximate surface area is 220 Å². The molecule has 3 aromatic carbocycles. The number of anilines is 3. The summed E-state index contributed by atoms with van der Waals surface area (Å²) in [5, 5.41) is 25.9. The molecule has 0 saturated heterocycles. The molecule has 3 heterocycles. The largest absolute Gasteiger partial charge is 0.494 e. The van der Waals surface area contributed by atoms with Gasteiger partial charge >= 0.3 is 6.03 Å². The van der Waals surface area contributed by atoms with E-state index in [0.717, 1.165) is 51.9 Å². The Morgan fingerprint density at radius 3 is 2.61 bits per heavy atom. The monoisotopic (exact) mass is 506 g/mol. The van der Waals surface area contributed by atoms with Gasteiger partial charge in [0.2, 0.25) is 0 Å². The summed E-state index contributed by atoms with van der Waals surface area (Å²) in [5.41, 5.74) is 6.67. The van der Waals surface area contributed by atoms with Crippen LogP contribution in [0.5, 0.6) is 5.88 Å². The molecular formula is C30H30N6O2. The lowest BCUT2D eigenvalue weighted by Gasteiger charge is -2.14. The summed E-state index contributed by atoms with van der Waals surface area (Å²) in [6.45, 7) is 7.24. The summed E-state index contributed by atoms with van der Waals surface area (Å²) in [6, 6.07) is 21.2. The van der Waals surface area contributed by atoms with Gasteiger partial charge < -0.3 is 20.7 Å². The van der Waals surface area contributed by atoms with Gasteiger partial charge in [0.15, 0.2) is 5.88 Å². The standard InChI is InChI=1S/C30H30N6O2/c1-30(2,3)26-16-27(36(35-26)21-11-12-25-19(15-21)13-14-31-25)34-29(38)33-20-9-7-18(8-10-20)22-5-4-6-23-24(22)17-32-28(23)37/h4-12,15-17,31-32,37H,13-14H2,1-3H3,(H2,33,34,38). The van der Waals surface area contributed by atoms with Crippen LogP contribution in [0.25, 0.3) is 27.6 Å². The molecule has 2 amide bonds. The number of fused-ring (bicyclic) bond motifs is 2. The molecule has 5 aromatic rings. The Morgan fingerprint density at radius 1 is 1.00 bits per heavy atom. The van der Waals surface area contributed by atoms with Gasteiger partial charge in [-0.2, -0.15) is 5.10 Å². The molecule has 8 heteroatoms. The van der Waals surface area contributed by atoms with Gasteiger partial charge in [0, 0.05) is 46.4 Å². The average molecular weight is 507 g/mol. The fourth-order valence-electron chi connectivity index (χ4n) is 4.87. The third-order valence-electron chi connectivity index (χ3n) is 6.93. The maximum absolute atomic E-state index is 13.0. The van der Waals surface area contributed by atoms with E-state index in [0.29, 0.717) is 11.5 Å². The first kappa shape index (κ1) is 23.7. The molecule has 0 aliphatic carbocycles. The lowest BCUT2D eigenvalue weighted by Crippen LogP contribution is -2.21. The second kappa shape index (κ2) is 8.99. The van der Waals surface area contributed by atoms with E-state index in [2.05, 4.69) is 53.8 Å². The summed E-state index contributed by atoms with van der Waals surface area (Å²) in [4.78, 5) is 15.9. The van der Waals surface area contributed by atoms with E-state index in [-0.39, 0.29) is 17.3 Å². The van der Waals surface area contributed by atoms with Gasteiger partial charge in [-0.05, 0) is 59.5 Å². The number of H-pyrrole nitrogens is 1. The summed E-state index contributed by atoms with van der Waals surface area (Å²) in [7, 11) is 0. The smallest absolute Gasteiger partial charge is 0.324 e. The van der Waals surface area contributed by atoms with E-state index in [1.165, 1.54) is 5.56 Å².